The number of nitrogens with zero attached hydrogens (tertiary/aromatic N) is 1. The van der Waals surface area contributed by atoms with Gasteiger partial charge in [-0.25, -0.2) is 4.99 Å². The summed E-state index contributed by atoms with van der Waals surface area (Å²) in [5.41, 5.74) is 1.38. The van der Waals surface area contributed by atoms with Crippen LogP contribution in [0, 0.1) is 0 Å². The van der Waals surface area contributed by atoms with Gasteiger partial charge >= 0.3 is 0 Å². The zero-order valence-corrected chi connectivity index (χ0v) is 12.2. The Labute approximate surface area is 130 Å². The van der Waals surface area contributed by atoms with E-state index in [0.29, 0.717) is 17.9 Å². The maximum atomic E-state index is 10.7. The number of rotatable bonds is 5. The number of phenolic OH excluding ortho intramolecular Hbond substituents is 1. The average molecular weight is 318 g/mol. The Hall–Kier alpha value is -2.54. The molecular weight excluding hydrogens is 306 g/mol. The normalized spacial score (nSPS) is 16.9. The first kappa shape index (κ1) is 14.4. The van der Waals surface area contributed by atoms with Crippen LogP contribution in [0.15, 0.2) is 40.0 Å². The lowest BCUT2D eigenvalue weighted by Gasteiger charge is -2.08. The minimum Gasteiger partial charge on any atom is -0.548 e. The van der Waals surface area contributed by atoms with Crippen molar-refractivity contribution in [2.24, 2.45) is 4.99 Å². The summed E-state index contributed by atoms with van der Waals surface area (Å²) < 4.78 is 10.8. The van der Waals surface area contributed by atoms with Crippen molar-refractivity contribution in [3.05, 3.63) is 46.2 Å². The van der Waals surface area contributed by atoms with Gasteiger partial charge in [-0.2, -0.15) is 11.3 Å². The molecule has 6 nitrogen and oxygen atoms in total. The molecule has 0 fully saturated rings. The summed E-state index contributed by atoms with van der Waals surface area (Å²) in [4.78, 5) is 14.6. The number of aromatic hydroxyl groups is 1. The van der Waals surface area contributed by atoms with Crippen molar-refractivity contribution in [3.63, 3.8) is 0 Å². The van der Waals surface area contributed by atoms with Crippen molar-refractivity contribution in [1.29, 1.82) is 0 Å². The van der Waals surface area contributed by atoms with Gasteiger partial charge in [-0.15, -0.1) is 0 Å². The lowest BCUT2D eigenvalue weighted by molar-refractivity contribution is -0.307. The predicted molar refractivity (Wildman–Crippen MR) is 78.0 cm³/mol. The number of ether oxygens (including phenoxy) is 2. The average Bonchev–Trinajstić information content (AvgIpc) is 3.17. The number of hydrogen-bond acceptors (Lipinski definition) is 7. The van der Waals surface area contributed by atoms with Crippen LogP contribution < -0.4 is 9.84 Å². The summed E-state index contributed by atoms with van der Waals surface area (Å²) in [6.45, 7) is 0.319. The molecule has 0 saturated heterocycles. The van der Waals surface area contributed by atoms with Gasteiger partial charge in [-0.05, 0) is 34.5 Å². The monoisotopic (exact) mass is 318 g/mol. The van der Waals surface area contributed by atoms with Gasteiger partial charge in [-0.3, -0.25) is 0 Å². The second-order valence-corrected chi connectivity index (χ2v) is 5.46. The summed E-state index contributed by atoms with van der Waals surface area (Å²) in [6, 6.07) is 5.61. The Morgan fingerprint density at radius 1 is 1.50 bits per heavy atom. The summed E-state index contributed by atoms with van der Waals surface area (Å²) >= 11 is 1.58. The lowest BCUT2D eigenvalue weighted by Crippen LogP contribution is -2.35. The molecule has 1 aliphatic heterocycles. The maximum absolute atomic E-state index is 10.7. The van der Waals surface area contributed by atoms with Crippen LogP contribution in [0.25, 0.3) is 0 Å². The molecule has 0 saturated carbocycles. The molecule has 0 aliphatic carbocycles. The van der Waals surface area contributed by atoms with Crippen LogP contribution in [0.4, 0.5) is 0 Å². The third-order valence-electron chi connectivity index (χ3n) is 3.11. The first-order valence-corrected chi connectivity index (χ1v) is 7.46. The molecule has 2 heterocycles. The van der Waals surface area contributed by atoms with Gasteiger partial charge in [0.1, 0.15) is 30.8 Å². The number of hydrogen-bond donors (Lipinski definition) is 1. The number of aliphatic imine (C=N–C) groups is 1. The van der Waals surface area contributed by atoms with Gasteiger partial charge in [0, 0.05) is 6.07 Å². The minimum absolute atomic E-state index is 0.0828. The standard InChI is InChI=1S/C15H13NO5S/c17-13-5-10(20-6-9-3-4-22-8-9)1-2-11(13)14-16-12(7-21-14)15(18)19/h1-5,8,12,17H,6-7H2,(H,18,19)/p-1. The number of carbonyl (C=O) groups is 1. The van der Waals surface area contributed by atoms with Crippen LogP contribution in [0.1, 0.15) is 11.1 Å². The number of thiophene rings is 1. The predicted octanol–water partition coefficient (Wildman–Crippen LogP) is 0.928. The Balaban J connectivity index is 1.72. The van der Waals surface area contributed by atoms with Crippen LogP contribution in [0.5, 0.6) is 11.5 Å². The molecule has 1 aliphatic rings. The van der Waals surface area contributed by atoms with Crippen molar-refractivity contribution in [2.45, 2.75) is 12.6 Å². The highest BCUT2D eigenvalue weighted by Crippen LogP contribution is 2.27. The number of benzene rings is 1. The second kappa shape index (κ2) is 6.07. The van der Waals surface area contributed by atoms with E-state index in [2.05, 4.69) is 4.99 Å². The Kier molecular flexibility index (Phi) is 3.97. The topological polar surface area (TPSA) is 91.2 Å². The third-order valence-corrected chi connectivity index (χ3v) is 3.84. The van der Waals surface area contributed by atoms with Gasteiger partial charge in [0.05, 0.1) is 11.5 Å². The van der Waals surface area contributed by atoms with E-state index < -0.39 is 12.0 Å². The van der Waals surface area contributed by atoms with E-state index in [1.54, 1.807) is 23.5 Å². The van der Waals surface area contributed by atoms with E-state index in [1.807, 2.05) is 16.8 Å². The van der Waals surface area contributed by atoms with Crippen molar-refractivity contribution < 1.29 is 24.5 Å². The molecular formula is C15H12NO5S-. The number of carboxylic acid groups (broad SMARTS) is 1. The number of carbonyl (C=O) groups excluding carboxylic acids is 1. The largest absolute Gasteiger partial charge is 0.548 e. The summed E-state index contributed by atoms with van der Waals surface area (Å²) in [5, 5.41) is 24.7. The summed E-state index contributed by atoms with van der Waals surface area (Å²) in [6.07, 6.45) is 0. The fraction of sp³-hybridized carbons (Fsp3) is 0.200. The van der Waals surface area contributed by atoms with Gasteiger partial charge in [0.2, 0.25) is 5.90 Å². The molecule has 2 aromatic rings. The van der Waals surface area contributed by atoms with Gasteiger partial charge in [0.15, 0.2) is 0 Å². The molecule has 0 radical (unpaired) electrons. The van der Waals surface area contributed by atoms with E-state index >= 15 is 0 Å². The van der Waals surface area contributed by atoms with Crippen molar-refractivity contribution in [3.8, 4) is 11.5 Å². The number of carboxylic acids is 1. The van der Waals surface area contributed by atoms with E-state index in [1.165, 1.54) is 6.07 Å². The van der Waals surface area contributed by atoms with Crippen molar-refractivity contribution in [2.75, 3.05) is 6.61 Å². The molecule has 1 N–H and O–H groups in total. The quantitative estimate of drug-likeness (QED) is 0.885. The Bertz CT molecular complexity index is 711. The fourth-order valence-electron chi connectivity index (χ4n) is 1.97. The highest BCUT2D eigenvalue weighted by Gasteiger charge is 2.23. The molecule has 7 heteroatoms. The third kappa shape index (κ3) is 3.04. The molecule has 0 bridgehead atoms. The van der Waals surface area contributed by atoms with E-state index in [9.17, 15) is 15.0 Å². The molecule has 114 valence electrons. The lowest BCUT2D eigenvalue weighted by atomic mass is 10.2. The molecule has 0 spiro atoms. The highest BCUT2D eigenvalue weighted by molar-refractivity contribution is 7.07. The van der Waals surface area contributed by atoms with Crippen LogP contribution in [-0.4, -0.2) is 29.6 Å². The summed E-state index contributed by atoms with van der Waals surface area (Å²) in [7, 11) is 0. The SMILES string of the molecule is O=C([O-])C1COC(c2ccc(OCc3ccsc3)cc2O)=N1. The molecule has 3 rings (SSSR count). The first-order valence-electron chi connectivity index (χ1n) is 6.52. The smallest absolute Gasteiger partial charge is 0.220 e. The molecule has 1 aromatic heterocycles. The van der Waals surface area contributed by atoms with Crippen LogP contribution in [-0.2, 0) is 16.1 Å². The first-order chi connectivity index (χ1) is 10.6. The number of aliphatic carboxylic acids is 1. The molecule has 1 unspecified atom stereocenters. The zero-order valence-electron chi connectivity index (χ0n) is 11.4. The summed E-state index contributed by atoms with van der Waals surface area (Å²) in [5.74, 6) is -0.788. The van der Waals surface area contributed by atoms with Crippen molar-refractivity contribution in [1.82, 2.24) is 0 Å². The Morgan fingerprint density at radius 2 is 2.36 bits per heavy atom. The van der Waals surface area contributed by atoms with Crippen LogP contribution in [0.3, 0.4) is 0 Å². The number of phenols is 1. The van der Waals surface area contributed by atoms with Crippen molar-refractivity contribution >= 4 is 23.2 Å². The molecule has 22 heavy (non-hydrogen) atoms. The molecule has 1 atom stereocenters. The van der Waals surface area contributed by atoms with E-state index in [-0.39, 0.29) is 18.3 Å². The maximum Gasteiger partial charge on any atom is 0.220 e. The molecule has 0 amide bonds. The van der Waals surface area contributed by atoms with E-state index in [0.717, 1.165) is 5.56 Å². The van der Waals surface area contributed by atoms with E-state index in [4.69, 9.17) is 9.47 Å². The zero-order chi connectivity index (χ0) is 15.5. The van der Waals surface area contributed by atoms with Gasteiger partial charge < -0.3 is 24.5 Å². The van der Waals surface area contributed by atoms with Crippen LogP contribution >= 0.6 is 11.3 Å². The van der Waals surface area contributed by atoms with Gasteiger partial charge in [0.25, 0.3) is 0 Å². The fourth-order valence-corrected chi connectivity index (χ4v) is 2.62. The Morgan fingerprint density at radius 3 is 3.00 bits per heavy atom. The van der Waals surface area contributed by atoms with Crippen LogP contribution in [0.2, 0.25) is 0 Å². The second-order valence-electron chi connectivity index (χ2n) is 4.68. The van der Waals surface area contributed by atoms with Gasteiger partial charge in [-0.1, -0.05) is 0 Å². The minimum atomic E-state index is -1.30. The highest BCUT2D eigenvalue weighted by atomic mass is 32.1. The molecule has 1 aromatic carbocycles.